The van der Waals surface area contributed by atoms with Gasteiger partial charge in [0.15, 0.2) is 0 Å². The predicted octanol–water partition coefficient (Wildman–Crippen LogP) is 4.37. The molecule has 180 valence electrons. The van der Waals surface area contributed by atoms with Crippen LogP contribution in [0.3, 0.4) is 0 Å². The number of furan rings is 1. The van der Waals surface area contributed by atoms with E-state index in [1.165, 1.54) is 18.9 Å². The fraction of sp³-hybridized carbons (Fsp3) is 0.286. The van der Waals surface area contributed by atoms with Gasteiger partial charge < -0.3 is 19.2 Å². The van der Waals surface area contributed by atoms with Gasteiger partial charge in [0.2, 0.25) is 0 Å². The Hall–Kier alpha value is -3.84. The summed E-state index contributed by atoms with van der Waals surface area (Å²) in [5.41, 5.74) is 1.71. The van der Waals surface area contributed by atoms with Gasteiger partial charge in [-0.3, -0.25) is 14.5 Å². The Morgan fingerprint density at radius 3 is 2.49 bits per heavy atom. The fourth-order valence-corrected chi connectivity index (χ4v) is 5.08. The lowest BCUT2D eigenvalue weighted by Gasteiger charge is -2.38. The minimum atomic E-state index is -0.776. The number of ether oxygens (including phenoxy) is 1. The van der Waals surface area contributed by atoms with E-state index in [2.05, 4.69) is 17.0 Å². The molecular formula is C28H28N2O5. The second-order valence-electron chi connectivity index (χ2n) is 8.95. The molecule has 1 aromatic heterocycles. The molecule has 1 unspecified atom stereocenters. The highest BCUT2D eigenvalue weighted by Gasteiger charge is 2.50. The number of ketones is 1. The van der Waals surface area contributed by atoms with Gasteiger partial charge in [-0.2, -0.15) is 0 Å². The van der Waals surface area contributed by atoms with Gasteiger partial charge in [0.1, 0.15) is 23.3 Å². The molecule has 1 atom stereocenters. The Morgan fingerprint density at radius 1 is 1.03 bits per heavy atom. The normalized spacial score (nSPS) is 20.9. The highest BCUT2D eigenvalue weighted by molar-refractivity contribution is 6.46. The minimum Gasteiger partial charge on any atom is -0.507 e. The van der Waals surface area contributed by atoms with Crippen LogP contribution < -0.4 is 4.74 Å². The molecule has 0 spiro atoms. The van der Waals surface area contributed by atoms with Gasteiger partial charge in [-0.25, -0.2) is 0 Å². The summed E-state index contributed by atoms with van der Waals surface area (Å²) in [5.74, 6) is -0.521. The van der Waals surface area contributed by atoms with Gasteiger partial charge >= 0.3 is 0 Å². The summed E-state index contributed by atoms with van der Waals surface area (Å²) >= 11 is 0. The second-order valence-corrected chi connectivity index (χ2v) is 8.95. The van der Waals surface area contributed by atoms with Crippen molar-refractivity contribution in [2.24, 2.45) is 0 Å². The molecule has 0 radical (unpaired) electrons. The third kappa shape index (κ3) is 4.47. The van der Waals surface area contributed by atoms with Crippen molar-refractivity contribution in [2.75, 3.05) is 20.2 Å². The summed E-state index contributed by atoms with van der Waals surface area (Å²) < 4.78 is 10.9. The van der Waals surface area contributed by atoms with Crippen LogP contribution in [0, 0.1) is 0 Å². The molecule has 1 N–H and O–H groups in total. The second kappa shape index (κ2) is 9.80. The van der Waals surface area contributed by atoms with Crippen molar-refractivity contribution in [3.63, 3.8) is 0 Å². The van der Waals surface area contributed by atoms with Gasteiger partial charge in [0, 0.05) is 31.2 Å². The zero-order chi connectivity index (χ0) is 24.4. The molecular weight excluding hydrogens is 444 g/mol. The molecule has 0 bridgehead atoms. The van der Waals surface area contributed by atoms with Crippen LogP contribution in [0.5, 0.6) is 5.75 Å². The number of rotatable bonds is 6. The summed E-state index contributed by atoms with van der Waals surface area (Å²) in [4.78, 5) is 30.5. The van der Waals surface area contributed by atoms with Crippen molar-refractivity contribution in [3.05, 3.63) is 95.5 Å². The Labute approximate surface area is 204 Å². The third-order valence-corrected chi connectivity index (χ3v) is 6.84. The standard InChI is InChI=1S/C28H28N2O5/c1-34-22-10-5-9-20(17-22)26(31)24-25(23-11-6-16-35-23)30(28(33)27(24)32)21-12-14-29(15-13-21)18-19-7-3-2-4-8-19/h2-11,16-17,21,25,31H,12-15,18H2,1H3/b26-24-. The Balaban J connectivity index is 1.44. The van der Waals surface area contributed by atoms with Gasteiger partial charge in [0.25, 0.3) is 11.7 Å². The smallest absolute Gasteiger partial charge is 0.296 e. The van der Waals surface area contributed by atoms with Crippen LogP contribution >= 0.6 is 0 Å². The van der Waals surface area contributed by atoms with E-state index in [1.807, 2.05) is 18.2 Å². The number of piperidine rings is 1. The molecule has 35 heavy (non-hydrogen) atoms. The fourth-order valence-electron chi connectivity index (χ4n) is 5.08. The molecule has 2 aromatic carbocycles. The highest BCUT2D eigenvalue weighted by Crippen LogP contribution is 2.42. The molecule has 7 heteroatoms. The number of methoxy groups -OCH3 is 1. The van der Waals surface area contributed by atoms with Crippen molar-refractivity contribution in [2.45, 2.75) is 31.5 Å². The molecule has 1 amide bonds. The van der Waals surface area contributed by atoms with E-state index in [4.69, 9.17) is 9.15 Å². The van der Waals surface area contributed by atoms with E-state index < -0.39 is 17.7 Å². The maximum Gasteiger partial charge on any atom is 0.296 e. The van der Waals surface area contributed by atoms with Crippen LogP contribution in [-0.2, 0) is 16.1 Å². The van der Waals surface area contributed by atoms with Crippen LogP contribution in [0.2, 0.25) is 0 Å². The summed E-state index contributed by atoms with van der Waals surface area (Å²) in [5, 5.41) is 11.2. The molecule has 2 aliphatic rings. The summed E-state index contributed by atoms with van der Waals surface area (Å²) in [6, 6.07) is 19.7. The Bertz CT molecular complexity index is 1230. The molecule has 2 aliphatic heterocycles. The number of aliphatic hydroxyl groups excluding tert-OH is 1. The number of nitrogens with zero attached hydrogens (tertiary/aromatic N) is 2. The average molecular weight is 473 g/mol. The number of hydrogen-bond acceptors (Lipinski definition) is 6. The number of hydrogen-bond donors (Lipinski definition) is 1. The SMILES string of the molecule is COc1cccc(/C(O)=C2/C(=O)C(=O)N(C3CCN(Cc4ccccc4)CC3)C2c2ccco2)c1. The first-order chi connectivity index (χ1) is 17.1. The van der Waals surface area contributed by atoms with E-state index in [-0.39, 0.29) is 17.4 Å². The van der Waals surface area contributed by atoms with E-state index in [1.54, 1.807) is 41.3 Å². The highest BCUT2D eigenvalue weighted by atomic mass is 16.5. The lowest BCUT2D eigenvalue weighted by molar-refractivity contribution is -0.142. The lowest BCUT2D eigenvalue weighted by atomic mass is 9.97. The van der Waals surface area contributed by atoms with Gasteiger partial charge in [-0.15, -0.1) is 0 Å². The van der Waals surface area contributed by atoms with Crippen molar-refractivity contribution in [3.8, 4) is 5.75 Å². The molecule has 5 rings (SSSR count). The Morgan fingerprint density at radius 2 is 1.80 bits per heavy atom. The van der Waals surface area contributed by atoms with Crippen LogP contribution in [0.25, 0.3) is 5.76 Å². The Kier molecular flexibility index (Phi) is 6.42. The predicted molar refractivity (Wildman–Crippen MR) is 131 cm³/mol. The summed E-state index contributed by atoms with van der Waals surface area (Å²) in [6.45, 7) is 2.47. The monoisotopic (exact) mass is 472 g/mol. The maximum atomic E-state index is 13.3. The average Bonchev–Trinajstić information content (AvgIpc) is 3.52. The van der Waals surface area contributed by atoms with Crippen molar-refractivity contribution >= 4 is 17.4 Å². The number of aliphatic hydroxyl groups is 1. The van der Waals surface area contributed by atoms with Crippen molar-refractivity contribution in [1.29, 1.82) is 0 Å². The number of likely N-dealkylation sites (tertiary alicyclic amines) is 2. The zero-order valence-electron chi connectivity index (χ0n) is 19.6. The quantitative estimate of drug-likeness (QED) is 0.326. The van der Waals surface area contributed by atoms with E-state index in [9.17, 15) is 14.7 Å². The number of Topliss-reactive ketones (excluding diaryl/α,β-unsaturated/α-hetero) is 1. The number of benzene rings is 2. The zero-order valence-corrected chi connectivity index (χ0v) is 19.6. The molecule has 0 aliphatic carbocycles. The first-order valence-electron chi connectivity index (χ1n) is 11.8. The summed E-state index contributed by atoms with van der Waals surface area (Å²) in [7, 11) is 1.53. The molecule has 0 saturated carbocycles. The first-order valence-corrected chi connectivity index (χ1v) is 11.8. The molecule has 7 nitrogen and oxygen atoms in total. The largest absolute Gasteiger partial charge is 0.507 e. The molecule has 3 aromatic rings. The first kappa shape index (κ1) is 22.9. The van der Waals surface area contributed by atoms with Crippen LogP contribution in [0.15, 0.2) is 83.0 Å². The van der Waals surface area contributed by atoms with Crippen molar-refractivity contribution < 1.29 is 23.8 Å². The maximum absolute atomic E-state index is 13.3. The van der Waals surface area contributed by atoms with Crippen molar-refractivity contribution in [1.82, 2.24) is 9.80 Å². The molecule has 2 fully saturated rings. The van der Waals surface area contributed by atoms with Gasteiger partial charge in [-0.05, 0) is 42.7 Å². The number of carbonyl (C=O) groups excluding carboxylic acids is 2. The molecule has 3 heterocycles. The van der Waals surface area contributed by atoms with Crippen LogP contribution in [0.1, 0.15) is 35.8 Å². The van der Waals surface area contributed by atoms with Gasteiger partial charge in [-0.1, -0.05) is 42.5 Å². The third-order valence-electron chi connectivity index (χ3n) is 6.84. The minimum absolute atomic E-state index is 0.0462. The van der Waals surface area contributed by atoms with Crippen LogP contribution in [-0.4, -0.2) is 52.8 Å². The van der Waals surface area contributed by atoms with Crippen LogP contribution in [0.4, 0.5) is 0 Å². The van der Waals surface area contributed by atoms with Gasteiger partial charge in [0.05, 0.1) is 18.9 Å². The number of carbonyl (C=O) groups is 2. The summed E-state index contributed by atoms with van der Waals surface area (Å²) in [6.07, 6.45) is 2.98. The molecule has 2 saturated heterocycles. The van der Waals surface area contributed by atoms with E-state index in [0.29, 0.717) is 17.1 Å². The lowest BCUT2D eigenvalue weighted by Crippen LogP contribution is -2.46. The van der Waals surface area contributed by atoms with E-state index >= 15 is 0 Å². The number of amides is 1. The van der Waals surface area contributed by atoms with E-state index in [0.717, 1.165) is 32.5 Å². The topological polar surface area (TPSA) is 83.2 Å².